The van der Waals surface area contributed by atoms with Crippen molar-refractivity contribution in [1.82, 2.24) is 15.1 Å². The minimum Gasteiger partial charge on any atom is -0.458 e. The molecule has 0 aromatic carbocycles. The lowest BCUT2D eigenvalue weighted by atomic mass is 9.88. The van der Waals surface area contributed by atoms with Crippen LogP contribution in [0.3, 0.4) is 0 Å². The van der Waals surface area contributed by atoms with Gasteiger partial charge in [-0.05, 0) is 46.7 Å². The summed E-state index contributed by atoms with van der Waals surface area (Å²) < 4.78 is 28.3. The van der Waals surface area contributed by atoms with Gasteiger partial charge in [0.2, 0.25) is 5.91 Å². The molecule has 7 atom stereocenters. The van der Waals surface area contributed by atoms with E-state index in [1.807, 2.05) is 20.8 Å². The number of hydrogen-bond acceptors (Lipinski definition) is 11. The van der Waals surface area contributed by atoms with E-state index < -0.39 is 41.8 Å². The molecule has 5 rings (SSSR count). The lowest BCUT2D eigenvalue weighted by Crippen LogP contribution is -2.51. The molecule has 5 fully saturated rings. The van der Waals surface area contributed by atoms with Gasteiger partial charge in [-0.25, -0.2) is 0 Å². The summed E-state index contributed by atoms with van der Waals surface area (Å²) in [5.74, 6) is -1.42. The molecule has 5 aliphatic heterocycles. The zero-order chi connectivity index (χ0) is 27.2. The van der Waals surface area contributed by atoms with E-state index in [0.29, 0.717) is 26.3 Å². The fraction of sp³-hybridized carbons (Fsp3) is 0.885. The van der Waals surface area contributed by atoms with Gasteiger partial charge >= 0.3 is 5.97 Å². The summed E-state index contributed by atoms with van der Waals surface area (Å²) in [6.07, 6.45) is -1.06. The van der Waals surface area contributed by atoms with Gasteiger partial charge in [-0.15, -0.1) is 0 Å². The minimum atomic E-state index is -0.800. The first-order chi connectivity index (χ1) is 18.0. The van der Waals surface area contributed by atoms with Crippen LogP contribution >= 0.6 is 0 Å². The summed E-state index contributed by atoms with van der Waals surface area (Å²) in [4.78, 5) is 29.4. The van der Waals surface area contributed by atoms with E-state index in [9.17, 15) is 20.0 Å². The summed E-state index contributed by atoms with van der Waals surface area (Å²) >= 11 is 0. The monoisotopic (exact) mass is 536 g/mol. The number of rotatable bonds is 7. The van der Waals surface area contributed by atoms with Crippen LogP contribution < -0.4 is 5.32 Å². The number of carbonyl (C=O) groups is 2. The van der Waals surface area contributed by atoms with Gasteiger partial charge in [0.1, 0.15) is 29.8 Å². The molecule has 5 heterocycles. The second-order valence-electron chi connectivity index (χ2n) is 12.1. The fourth-order valence-corrected chi connectivity index (χ4v) is 6.01. The van der Waals surface area contributed by atoms with E-state index in [-0.39, 0.29) is 36.5 Å². The smallest absolute Gasteiger partial charge is 0.316 e. The lowest BCUT2D eigenvalue weighted by molar-refractivity contribution is -0.216. The quantitative estimate of drug-likeness (QED) is 0.410. The molecule has 0 radical (unpaired) electrons. The summed E-state index contributed by atoms with van der Waals surface area (Å²) in [6, 6.07) is 1.55. The largest absolute Gasteiger partial charge is 0.458 e. The van der Waals surface area contributed by atoms with Crippen molar-refractivity contribution in [2.24, 2.45) is 11.3 Å². The summed E-state index contributed by atoms with van der Waals surface area (Å²) in [6.45, 7) is 10.6. The molecule has 1 amide bonds. The Morgan fingerprint density at radius 3 is 2.50 bits per heavy atom. The van der Waals surface area contributed by atoms with E-state index in [2.05, 4.69) is 16.3 Å². The Morgan fingerprint density at radius 2 is 1.89 bits per heavy atom. The molecule has 0 aromatic rings. The van der Waals surface area contributed by atoms with Gasteiger partial charge in [0.05, 0.1) is 25.8 Å². The number of fused-ring (bicyclic) bond motifs is 1. The highest BCUT2D eigenvalue weighted by Gasteiger charge is 2.54. The van der Waals surface area contributed by atoms with Crippen molar-refractivity contribution in [1.29, 1.82) is 5.26 Å². The normalized spacial score (nSPS) is 38.4. The zero-order valence-corrected chi connectivity index (χ0v) is 22.6. The number of likely N-dealkylation sites (tertiary alicyclic amines) is 2. The third-order valence-corrected chi connectivity index (χ3v) is 8.40. The summed E-state index contributed by atoms with van der Waals surface area (Å²) in [5, 5.41) is 23.8. The Bertz CT molecular complexity index is 944. The molecule has 0 bridgehead atoms. The minimum absolute atomic E-state index is 0.125. The Morgan fingerprint density at radius 1 is 1.18 bits per heavy atom. The summed E-state index contributed by atoms with van der Waals surface area (Å²) in [7, 11) is 0. The Balaban J connectivity index is 1.05. The van der Waals surface area contributed by atoms with Crippen molar-refractivity contribution in [3.8, 4) is 6.07 Å². The van der Waals surface area contributed by atoms with Gasteiger partial charge in [0.25, 0.3) is 0 Å². The summed E-state index contributed by atoms with van der Waals surface area (Å²) in [5.41, 5.74) is -0.674. The molecule has 5 aliphatic rings. The van der Waals surface area contributed by atoms with Crippen LogP contribution in [0.4, 0.5) is 0 Å². The first-order valence-corrected chi connectivity index (χ1v) is 13.6. The number of hydrogen-bond donors (Lipinski definition) is 2. The molecule has 0 saturated carbocycles. The number of nitrogens with one attached hydrogen (secondary N) is 1. The highest BCUT2D eigenvalue weighted by atomic mass is 16.8. The van der Waals surface area contributed by atoms with Crippen LogP contribution in [0.1, 0.15) is 40.5 Å². The van der Waals surface area contributed by atoms with E-state index in [1.54, 1.807) is 6.92 Å². The molecule has 0 aliphatic carbocycles. The van der Waals surface area contributed by atoms with Gasteiger partial charge < -0.3 is 43.9 Å². The molecule has 0 aromatic heterocycles. The number of aliphatic hydroxyl groups excluding tert-OH is 1. The molecular formula is C26H40N4O8. The predicted molar refractivity (Wildman–Crippen MR) is 131 cm³/mol. The average Bonchev–Trinajstić information content (AvgIpc) is 3.44. The molecule has 38 heavy (non-hydrogen) atoms. The van der Waals surface area contributed by atoms with Crippen LogP contribution in [-0.4, -0.2) is 121 Å². The highest BCUT2D eigenvalue weighted by Crippen LogP contribution is 2.38. The van der Waals surface area contributed by atoms with Crippen molar-refractivity contribution in [2.75, 3.05) is 45.9 Å². The van der Waals surface area contributed by atoms with E-state index in [1.165, 1.54) is 4.90 Å². The van der Waals surface area contributed by atoms with Crippen molar-refractivity contribution in [3.63, 3.8) is 0 Å². The molecule has 212 valence electrons. The van der Waals surface area contributed by atoms with Crippen molar-refractivity contribution in [2.45, 2.75) is 89.1 Å². The number of amides is 1. The van der Waals surface area contributed by atoms with Crippen LogP contribution in [0, 0.1) is 22.7 Å². The zero-order valence-electron chi connectivity index (χ0n) is 22.6. The van der Waals surface area contributed by atoms with Crippen LogP contribution in [-0.2, 0) is 33.3 Å². The third-order valence-electron chi connectivity index (χ3n) is 8.40. The number of aliphatic hydroxyl groups is 1. The maximum atomic E-state index is 13.0. The molecule has 0 spiro atoms. The van der Waals surface area contributed by atoms with E-state index in [4.69, 9.17) is 23.7 Å². The van der Waals surface area contributed by atoms with E-state index >= 15 is 0 Å². The first-order valence-electron chi connectivity index (χ1n) is 13.6. The number of esters is 1. The van der Waals surface area contributed by atoms with Crippen LogP contribution in [0.2, 0.25) is 0 Å². The molecule has 5 saturated heterocycles. The van der Waals surface area contributed by atoms with Crippen LogP contribution in [0.5, 0.6) is 0 Å². The highest BCUT2D eigenvalue weighted by molar-refractivity contribution is 5.80. The van der Waals surface area contributed by atoms with Gasteiger partial charge in [-0.3, -0.25) is 9.59 Å². The molecule has 12 heteroatoms. The topological polar surface area (TPSA) is 143 Å². The number of nitrogens with zero attached hydrogens (tertiary/aromatic N) is 3. The van der Waals surface area contributed by atoms with Gasteiger partial charge in [-0.2, -0.15) is 5.26 Å². The number of nitriles is 1. The SMILES string of the molecule is CC1CN(C(=O)CNC2CCN(C[C@H]3O[C@@H]4OC(C)(C)O[C@@H]4[C@H]3O)CC2)[C@H](C#N)C1OC(=O)C1(C)COC1. The fourth-order valence-electron chi connectivity index (χ4n) is 6.01. The lowest BCUT2D eigenvalue weighted by Gasteiger charge is -2.36. The molecular weight excluding hydrogens is 496 g/mol. The molecule has 2 N–H and O–H groups in total. The second-order valence-corrected chi connectivity index (χ2v) is 12.1. The maximum absolute atomic E-state index is 13.0. The van der Waals surface area contributed by atoms with Gasteiger partial charge in [0.15, 0.2) is 18.1 Å². The molecule has 12 nitrogen and oxygen atoms in total. The van der Waals surface area contributed by atoms with Crippen LogP contribution in [0.25, 0.3) is 0 Å². The standard InChI is InChI=1S/C26H40N4O8/c1-15-11-30(17(9-27)21(15)36-24(33)26(4)13-34-14-26)19(31)10-28-16-5-7-29(8-6-16)12-18-20(32)22-23(35-18)38-25(2,3)37-22/h15-18,20-23,28,32H,5-8,10-14H2,1-4H3/t15?,17-,18-,20+,21?,22-,23-/m1/s1. The predicted octanol–water partition coefficient (Wildman–Crippen LogP) is -0.404. The van der Waals surface area contributed by atoms with Crippen molar-refractivity contribution < 1.29 is 38.4 Å². The van der Waals surface area contributed by atoms with Crippen LogP contribution in [0.15, 0.2) is 0 Å². The van der Waals surface area contributed by atoms with E-state index in [0.717, 1.165) is 25.9 Å². The maximum Gasteiger partial charge on any atom is 0.316 e. The molecule has 2 unspecified atom stereocenters. The van der Waals surface area contributed by atoms with Gasteiger partial charge in [0, 0.05) is 25.0 Å². The van der Waals surface area contributed by atoms with Crippen molar-refractivity contribution >= 4 is 11.9 Å². The Kier molecular flexibility index (Phi) is 7.74. The number of ether oxygens (including phenoxy) is 5. The second kappa shape index (κ2) is 10.6. The van der Waals surface area contributed by atoms with Crippen molar-refractivity contribution in [3.05, 3.63) is 0 Å². The Labute approximate surface area is 223 Å². The number of piperidine rings is 1. The van der Waals surface area contributed by atoms with Gasteiger partial charge in [-0.1, -0.05) is 6.92 Å². The Hall–Kier alpha value is -1.85. The first kappa shape index (κ1) is 27.7. The third kappa shape index (κ3) is 5.43. The average molecular weight is 537 g/mol. The number of carbonyl (C=O) groups excluding carboxylic acids is 2.